The van der Waals surface area contributed by atoms with E-state index in [9.17, 15) is 4.79 Å². The van der Waals surface area contributed by atoms with Crippen molar-refractivity contribution in [1.82, 2.24) is 10.6 Å². The number of carbonyl (C=O) groups excluding carboxylic acids is 1. The van der Waals surface area contributed by atoms with Gasteiger partial charge in [-0.1, -0.05) is 25.0 Å². The molecule has 5 heteroatoms. The monoisotopic (exact) mass is 329 g/mol. The Morgan fingerprint density at radius 1 is 1.21 bits per heavy atom. The van der Waals surface area contributed by atoms with Gasteiger partial charge in [-0.15, -0.1) is 0 Å². The fourth-order valence-corrected chi connectivity index (χ4v) is 2.95. The molecule has 0 aromatic heterocycles. The lowest BCUT2D eigenvalue weighted by atomic mass is 9.90. The molecule has 1 aromatic carbocycles. The number of hydrogen-bond acceptors (Lipinski definition) is 4. The molecule has 1 saturated carbocycles. The summed E-state index contributed by atoms with van der Waals surface area (Å²) in [6, 6.07) is 10.0. The first kappa shape index (κ1) is 18.3. The molecule has 0 radical (unpaired) electrons. The number of rotatable bonds is 4. The molecule has 1 aliphatic rings. The van der Waals surface area contributed by atoms with Gasteiger partial charge in [0.25, 0.3) is 0 Å². The Balaban J connectivity index is 1.89. The van der Waals surface area contributed by atoms with Crippen molar-refractivity contribution in [2.45, 2.75) is 70.7 Å². The quantitative estimate of drug-likeness (QED) is 0.887. The van der Waals surface area contributed by atoms with Gasteiger partial charge < -0.3 is 15.4 Å². The number of benzene rings is 1. The Morgan fingerprint density at radius 2 is 1.83 bits per heavy atom. The van der Waals surface area contributed by atoms with Crippen LogP contribution in [0.4, 0.5) is 4.79 Å². The SMILES string of the molecule is CC(C)(C)OC(=O)N[C@@H]1CCCC[C@H]1NCc1ccc(C#N)cc1. The molecule has 0 unspecified atom stereocenters. The molecular formula is C19H27N3O2. The highest BCUT2D eigenvalue weighted by Crippen LogP contribution is 2.20. The van der Waals surface area contributed by atoms with E-state index >= 15 is 0 Å². The van der Waals surface area contributed by atoms with E-state index in [1.165, 1.54) is 0 Å². The smallest absolute Gasteiger partial charge is 0.407 e. The first-order chi connectivity index (χ1) is 11.4. The van der Waals surface area contributed by atoms with Crippen molar-refractivity contribution in [1.29, 1.82) is 5.26 Å². The third kappa shape index (κ3) is 5.86. The van der Waals surface area contributed by atoms with Gasteiger partial charge in [-0.2, -0.15) is 5.26 Å². The summed E-state index contributed by atoms with van der Waals surface area (Å²) in [7, 11) is 0. The van der Waals surface area contributed by atoms with Crippen LogP contribution in [0.1, 0.15) is 57.6 Å². The summed E-state index contributed by atoms with van der Waals surface area (Å²) in [5, 5.41) is 15.4. The number of ether oxygens (including phenoxy) is 1. The third-order valence-corrected chi connectivity index (χ3v) is 4.12. The molecule has 2 atom stereocenters. The highest BCUT2D eigenvalue weighted by Gasteiger charge is 2.27. The number of nitrogens with one attached hydrogen (secondary N) is 2. The van der Waals surface area contributed by atoms with E-state index in [-0.39, 0.29) is 18.2 Å². The predicted octanol–water partition coefficient (Wildman–Crippen LogP) is 3.48. The van der Waals surface area contributed by atoms with Crippen molar-refractivity contribution in [3.63, 3.8) is 0 Å². The van der Waals surface area contributed by atoms with E-state index in [2.05, 4.69) is 16.7 Å². The molecule has 1 fully saturated rings. The standard InChI is InChI=1S/C19H27N3O2/c1-19(2,3)24-18(23)22-17-7-5-4-6-16(17)21-13-15-10-8-14(12-20)9-11-15/h8-11,16-17,21H,4-7,13H2,1-3H3,(H,22,23)/t16-,17-/m1/s1. The number of alkyl carbamates (subject to hydrolysis) is 1. The van der Waals surface area contributed by atoms with Gasteiger partial charge in [0, 0.05) is 18.6 Å². The van der Waals surface area contributed by atoms with E-state index in [4.69, 9.17) is 10.00 Å². The second kappa shape index (κ2) is 8.16. The largest absolute Gasteiger partial charge is 0.444 e. The van der Waals surface area contributed by atoms with Crippen LogP contribution in [0.5, 0.6) is 0 Å². The normalized spacial score (nSPS) is 20.9. The fraction of sp³-hybridized carbons (Fsp3) is 0.579. The molecule has 1 aliphatic carbocycles. The van der Waals surface area contributed by atoms with Crippen LogP contribution in [0.2, 0.25) is 0 Å². The van der Waals surface area contributed by atoms with Crippen LogP contribution < -0.4 is 10.6 Å². The molecule has 0 heterocycles. The minimum Gasteiger partial charge on any atom is -0.444 e. The first-order valence-corrected chi connectivity index (χ1v) is 8.59. The summed E-state index contributed by atoms with van der Waals surface area (Å²) in [6.45, 7) is 6.33. The highest BCUT2D eigenvalue weighted by atomic mass is 16.6. The number of nitriles is 1. The second-order valence-corrected chi connectivity index (χ2v) is 7.33. The number of nitrogens with zero attached hydrogens (tertiary/aromatic N) is 1. The van der Waals surface area contributed by atoms with Crippen molar-refractivity contribution in [2.75, 3.05) is 0 Å². The molecule has 0 bridgehead atoms. The molecule has 130 valence electrons. The molecule has 0 saturated heterocycles. The number of hydrogen-bond donors (Lipinski definition) is 2. The van der Waals surface area contributed by atoms with Crippen molar-refractivity contribution in [3.8, 4) is 6.07 Å². The van der Waals surface area contributed by atoms with Crippen molar-refractivity contribution in [3.05, 3.63) is 35.4 Å². The van der Waals surface area contributed by atoms with Crippen LogP contribution in [0.3, 0.4) is 0 Å². The zero-order valence-electron chi connectivity index (χ0n) is 14.8. The van der Waals surface area contributed by atoms with Crippen LogP contribution >= 0.6 is 0 Å². The predicted molar refractivity (Wildman–Crippen MR) is 93.4 cm³/mol. The van der Waals surface area contributed by atoms with Gasteiger partial charge in [0.1, 0.15) is 5.60 Å². The number of carbonyl (C=O) groups is 1. The molecule has 5 nitrogen and oxygen atoms in total. The topological polar surface area (TPSA) is 74.2 Å². The molecule has 2 rings (SSSR count). The van der Waals surface area contributed by atoms with E-state index in [1.54, 1.807) is 0 Å². The van der Waals surface area contributed by atoms with Crippen LogP contribution in [0.15, 0.2) is 24.3 Å². The fourth-order valence-electron chi connectivity index (χ4n) is 2.95. The van der Waals surface area contributed by atoms with E-state index < -0.39 is 5.60 Å². The average molecular weight is 329 g/mol. The summed E-state index contributed by atoms with van der Waals surface area (Å²) in [6.07, 6.45) is 3.94. The van der Waals surface area contributed by atoms with Gasteiger partial charge in [0.05, 0.1) is 11.6 Å². The molecule has 1 aromatic rings. The van der Waals surface area contributed by atoms with E-state index in [0.29, 0.717) is 5.56 Å². The maximum Gasteiger partial charge on any atom is 0.407 e. The second-order valence-electron chi connectivity index (χ2n) is 7.33. The van der Waals surface area contributed by atoms with Gasteiger partial charge in [0.15, 0.2) is 0 Å². The molecule has 2 N–H and O–H groups in total. The minimum absolute atomic E-state index is 0.0898. The van der Waals surface area contributed by atoms with Crippen molar-refractivity contribution in [2.24, 2.45) is 0 Å². The summed E-state index contributed by atoms with van der Waals surface area (Å²) >= 11 is 0. The number of amides is 1. The Hall–Kier alpha value is -2.06. The third-order valence-electron chi connectivity index (χ3n) is 4.12. The molecule has 1 amide bonds. The van der Waals surface area contributed by atoms with Gasteiger partial charge in [0.2, 0.25) is 0 Å². The van der Waals surface area contributed by atoms with Crippen LogP contribution in [0.25, 0.3) is 0 Å². The average Bonchev–Trinajstić information content (AvgIpc) is 2.53. The Bertz CT molecular complexity index is 584. The first-order valence-electron chi connectivity index (χ1n) is 8.59. The van der Waals surface area contributed by atoms with E-state index in [1.807, 2.05) is 45.0 Å². The Morgan fingerprint density at radius 3 is 2.42 bits per heavy atom. The van der Waals surface area contributed by atoms with E-state index in [0.717, 1.165) is 37.8 Å². The van der Waals surface area contributed by atoms with Gasteiger partial charge in [-0.05, 0) is 51.3 Å². The van der Waals surface area contributed by atoms with Crippen LogP contribution in [-0.4, -0.2) is 23.8 Å². The Labute approximate surface area is 144 Å². The molecule has 24 heavy (non-hydrogen) atoms. The van der Waals surface area contributed by atoms with Crippen LogP contribution in [0, 0.1) is 11.3 Å². The molecule has 0 aliphatic heterocycles. The zero-order chi connectivity index (χ0) is 17.6. The highest BCUT2D eigenvalue weighted by molar-refractivity contribution is 5.68. The van der Waals surface area contributed by atoms with Crippen molar-refractivity contribution < 1.29 is 9.53 Å². The van der Waals surface area contributed by atoms with Crippen LogP contribution in [-0.2, 0) is 11.3 Å². The molecular weight excluding hydrogens is 302 g/mol. The lowest BCUT2D eigenvalue weighted by Crippen LogP contribution is -2.52. The summed E-state index contributed by atoms with van der Waals surface area (Å²) in [4.78, 5) is 12.0. The van der Waals surface area contributed by atoms with Crippen molar-refractivity contribution >= 4 is 6.09 Å². The maximum absolute atomic E-state index is 12.0. The summed E-state index contributed by atoms with van der Waals surface area (Å²) < 4.78 is 5.37. The van der Waals surface area contributed by atoms with Gasteiger partial charge >= 0.3 is 6.09 Å². The maximum atomic E-state index is 12.0. The lowest BCUT2D eigenvalue weighted by molar-refractivity contribution is 0.0479. The zero-order valence-corrected chi connectivity index (χ0v) is 14.8. The lowest BCUT2D eigenvalue weighted by Gasteiger charge is -2.33. The Kier molecular flexibility index (Phi) is 6.22. The van der Waals surface area contributed by atoms with Gasteiger partial charge in [-0.25, -0.2) is 4.79 Å². The summed E-state index contributed by atoms with van der Waals surface area (Å²) in [5.41, 5.74) is 1.32. The van der Waals surface area contributed by atoms with Gasteiger partial charge in [-0.3, -0.25) is 0 Å². The minimum atomic E-state index is -0.482. The summed E-state index contributed by atoms with van der Waals surface area (Å²) in [5.74, 6) is 0. The molecule has 0 spiro atoms.